The topological polar surface area (TPSA) is 89.5 Å². The van der Waals surface area contributed by atoms with Crippen LogP contribution < -0.4 is 4.72 Å². The average molecular weight is 389 g/mol. The highest BCUT2D eigenvalue weighted by Gasteiger charge is 2.20. The Morgan fingerprint density at radius 1 is 1.07 bits per heavy atom. The van der Waals surface area contributed by atoms with Gasteiger partial charge in [0.1, 0.15) is 6.42 Å². The highest BCUT2D eigenvalue weighted by molar-refractivity contribution is 7.92. The SMILES string of the molecule is CCc1ccccc1S(=O)(=O)Nc1ccc(C(C)C(=O)CC(=O)OC)cc1. The van der Waals surface area contributed by atoms with E-state index in [1.165, 1.54) is 7.11 Å². The highest BCUT2D eigenvalue weighted by atomic mass is 32.2. The van der Waals surface area contributed by atoms with Crippen LogP contribution in [0.3, 0.4) is 0 Å². The van der Waals surface area contributed by atoms with Gasteiger partial charge in [-0.3, -0.25) is 14.3 Å². The summed E-state index contributed by atoms with van der Waals surface area (Å²) in [6.07, 6.45) is 0.315. The van der Waals surface area contributed by atoms with Gasteiger partial charge in [-0.2, -0.15) is 0 Å². The molecule has 0 spiro atoms. The normalized spacial score (nSPS) is 12.3. The van der Waals surface area contributed by atoms with Crippen LogP contribution in [0.25, 0.3) is 0 Å². The number of ketones is 1. The molecule has 6 nitrogen and oxygen atoms in total. The van der Waals surface area contributed by atoms with Gasteiger partial charge in [-0.05, 0) is 35.7 Å². The summed E-state index contributed by atoms with van der Waals surface area (Å²) in [7, 11) is -2.47. The van der Waals surface area contributed by atoms with Crippen LogP contribution in [0.2, 0.25) is 0 Å². The number of benzene rings is 2. The molecule has 0 aliphatic heterocycles. The molecule has 1 N–H and O–H groups in total. The van der Waals surface area contributed by atoms with E-state index in [1.807, 2.05) is 6.92 Å². The molecule has 1 unspecified atom stereocenters. The summed E-state index contributed by atoms with van der Waals surface area (Å²) in [5.41, 5.74) is 1.83. The van der Waals surface area contributed by atoms with Crippen LogP contribution in [0, 0.1) is 0 Å². The molecule has 0 saturated carbocycles. The third-order valence-electron chi connectivity index (χ3n) is 4.34. The summed E-state index contributed by atoms with van der Waals surface area (Å²) in [5, 5.41) is 0. The Hall–Kier alpha value is -2.67. The fraction of sp³-hybridized carbons (Fsp3) is 0.300. The van der Waals surface area contributed by atoms with Crippen molar-refractivity contribution >= 4 is 27.5 Å². The fourth-order valence-electron chi connectivity index (χ4n) is 2.66. The van der Waals surface area contributed by atoms with Crippen LogP contribution >= 0.6 is 0 Å². The van der Waals surface area contributed by atoms with Crippen molar-refractivity contribution in [2.24, 2.45) is 0 Å². The van der Waals surface area contributed by atoms with Gasteiger partial charge in [0.15, 0.2) is 5.78 Å². The third kappa shape index (κ3) is 5.17. The number of hydrogen-bond acceptors (Lipinski definition) is 5. The van der Waals surface area contributed by atoms with E-state index in [9.17, 15) is 18.0 Å². The van der Waals surface area contributed by atoms with Gasteiger partial charge < -0.3 is 4.74 Å². The lowest BCUT2D eigenvalue weighted by molar-refractivity contribution is -0.143. The molecular weight excluding hydrogens is 366 g/mol. The van der Waals surface area contributed by atoms with E-state index in [-0.39, 0.29) is 17.1 Å². The first kappa shape index (κ1) is 20.6. The molecule has 2 aromatic carbocycles. The number of sulfonamides is 1. The molecule has 0 bridgehead atoms. The molecular formula is C20H23NO5S. The third-order valence-corrected chi connectivity index (χ3v) is 5.82. The Balaban J connectivity index is 2.15. The lowest BCUT2D eigenvalue weighted by Crippen LogP contribution is -2.16. The van der Waals surface area contributed by atoms with Gasteiger partial charge in [0.05, 0.1) is 12.0 Å². The predicted octanol–water partition coefficient (Wildman–Crippen LogP) is 3.29. The molecule has 144 valence electrons. The smallest absolute Gasteiger partial charge is 0.313 e. The van der Waals surface area contributed by atoms with Crippen LogP contribution in [0.5, 0.6) is 0 Å². The molecule has 0 amide bonds. The number of anilines is 1. The van der Waals surface area contributed by atoms with E-state index < -0.39 is 21.9 Å². The second kappa shape index (κ2) is 8.81. The lowest BCUT2D eigenvalue weighted by Gasteiger charge is -2.13. The van der Waals surface area contributed by atoms with Crippen molar-refractivity contribution in [2.75, 3.05) is 11.8 Å². The second-order valence-corrected chi connectivity index (χ2v) is 7.78. The number of carbonyl (C=O) groups excluding carboxylic acids is 2. The van der Waals surface area contributed by atoms with Crippen molar-refractivity contribution in [2.45, 2.75) is 37.5 Å². The predicted molar refractivity (Wildman–Crippen MR) is 103 cm³/mol. The van der Waals surface area contributed by atoms with Crippen LogP contribution in [0.4, 0.5) is 5.69 Å². The van der Waals surface area contributed by atoms with Gasteiger partial charge in [0.25, 0.3) is 10.0 Å². The molecule has 0 heterocycles. The average Bonchev–Trinajstić information content (AvgIpc) is 2.67. The van der Waals surface area contributed by atoms with Gasteiger partial charge in [0.2, 0.25) is 0 Å². The first-order valence-corrected chi connectivity index (χ1v) is 10.1. The molecule has 0 fully saturated rings. The standard InChI is InChI=1S/C20H23NO5S/c1-4-15-7-5-6-8-19(15)27(24,25)21-17-11-9-16(10-12-17)14(2)18(22)13-20(23)26-3/h5-12,14,21H,4,13H2,1-3H3. The van der Waals surface area contributed by atoms with Gasteiger partial charge in [-0.15, -0.1) is 0 Å². The van der Waals surface area contributed by atoms with Crippen molar-refractivity contribution < 1.29 is 22.7 Å². The molecule has 2 rings (SSSR count). The molecule has 27 heavy (non-hydrogen) atoms. The van der Waals surface area contributed by atoms with Crippen LogP contribution in [0.1, 0.15) is 37.3 Å². The minimum Gasteiger partial charge on any atom is -0.469 e. The van der Waals surface area contributed by atoms with E-state index in [0.29, 0.717) is 17.7 Å². The van der Waals surface area contributed by atoms with Crippen LogP contribution in [-0.4, -0.2) is 27.3 Å². The summed E-state index contributed by atoms with van der Waals surface area (Å²) in [6.45, 7) is 3.60. The Kier molecular flexibility index (Phi) is 6.74. The highest BCUT2D eigenvalue weighted by Crippen LogP contribution is 2.23. The zero-order valence-corrected chi connectivity index (χ0v) is 16.4. The summed E-state index contributed by atoms with van der Waals surface area (Å²) in [6, 6.07) is 13.4. The van der Waals surface area contributed by atoms with Crippen molar-refractivity contribution in [3.05, 3.63) is 59.7 Å². The van der Waals surface area contributed by atoms with E-state index in [4.69, 9.17) is 0 Å². The lowest BCUT2D eigenvalue weighted by atomic mass is 9.95. The van der Waals surface area contributed by atoms with Gasteiger partial charge >= 0.3 is 5.97 Å². The Labute approximate surface area is 159 Å². The molecule has 1 atom stereocenters. The molecule has 0 aliphatic rings. The maximum absolute atomic E-state index is 12.6. The summed E-state index contributed by atoms with van der Waals surface area (Å²) in [5.74, 6) is -1.33. The zero-order chi connectivity index (χ0) is 20.0. The first-order valence-electron chi connectivity index (χ1n) is 8.58. The number of rotatable bonds is 8. The number of nitrogens with one attached hydrogen (secondary N) is 1. The Morgan fingerprint density at radius 3 is 2.30 bits per heavy atom. The summed E-state index contributed by atoms with van der Waals surface area (Å²) >= 11 is 0. The van der Waals surface area contributed by atoms with E-state index in [0.717, 1.165) is 5.56 Å². The molecule has 0 radical (unpaired) electrons. The fourth-order valence-corrected chi connectivity index (χ4v) is 4.03. The number of carbonyl (C=O) groups is 2. The van der Waals surface area contributed by atoms with E-state index in [1.54, 1.807) is 55.5 Å². The van der Waals surface area contributed by atoms with Crippen molar-refractivity contribution in [3.63, 3.8) is 0 Å². The molecule has 7 heteroatoms. The first-order chi connectivity index (χ1) is 12.8. The largest absolute Gasteiger partial charge is 0.469 e. The molecule has 2 aromatic rings. The number of ether oxygens (including phenoxy) is 1. The number of hydrogen-bond donors (Lipinski definition) is 1. The quantitative estimate of drug-likeness (QED) is 0.553. The second-order valence-electron chi connectivity index (χ2n) is 6.13. The summed E-state index contributed by atoms with van der Waals surface area (Å²) in [4.78, 5) is 23.6. The maximum atomic E-state index is 12.6. The molecule has 0 aromatic heterocycles. The van der Waals surface area contributed by atoms with Gasteiger partial charge in [-0.25, -0.2) is 8.42 Å². The van der Waals surface area contributed by atoms with Crippen LogP contribution in [-0.2, 0) is 30.8 Å². The number of aryl methyl sites for hydroxylation is 1. The Morgan fingerprint density at radius 2 is 1.70 bits per heavy atom. The van der Waals surface area contributed by atoms with E-state index >= 15 is 0 Å². The van der Waals surface area contributed by atoms with Gasteiger partial charge in [0, 0.05) is 11.6 Å². The van der Waals surface area contributed by atoms with Crippen molar-refractivity contribution in [1.29, 1.82) is 0 Å². The molecule has 0 aliphatic carbocycles. The van der Waals surface area contributed by atoms with Crippen molar-refractivity contribution in [1.82, 2.24) is 0 Å². The number of Topliss-reactive ketones (excluding diaryl/α,β-unsaturated/α-hetero) is 1. The van der Waals surface area contributed by atoms with E-state index in [2.05, 4.69) is 9.46 Å². The monoisotopic (exact) mass is 389 g/mol. The van der Waals surface area contributed by atoms with Gasteiger partial charge in [-0.1, -0.05) is 44.2 Å². The minimum atomic E-state index is -3.70. The summed E-state index contributed by atoms with van der Waals surface area (Å²) < 4.78 is 32.4. The molecule has 0 saturated heterocycles. The maximum Gasteiger partial charge on any atom is 0.313 e. The number of esters is 1. The minimum absolute atomic E-state index is 0.248. The van der Waals surface area contributed by atoms with Crippen molar-refractivity contribution in [3.8, 4) is 0 Å². The van der Waals surface area contributed by atoms with Crippen LogP contribution in [0.15, 0.2) is 53.4 Å². The zero-order valence-electron chi connectivity index (χ0n) is 15.6. The number of methoxy groups -OCH3 is 1. The Bertz CT molecular complexity index is 920.